The Bertz CT molecular complexity index is 500. The van der Waals surface area contributed by atoms with Gasteiger partial charge in [0, 0.05) is 18.7 Å². The first kappa shape index (κ1) is 15.9. The van der Waals surface area contributed by atoms with Gasteiger partial charge in [0.2, 0.25) is 5.91 Å². The summed E-state index contributed by atoms with van der Waals surface area (Å²) < 4.78 is 5.44. The van der Waals surface area contributed by atoms with Crippen molar-refractivity contribution in [2.24, 2.45) is 11.8 Å². The molecule has 2 atom stereocenters. The maximum Gasteiger partial charge on any atom is 0.232 e. The van der Waals surface area contributed by atoms with E-state index in [2.05, 4.69) is 13.8 Å². The third-order valence-corrected chi connectivity index (χ3v) is 4.47. The van der Waals surface area contributed by atoms with E-state index >= 15 is 0 Å². The average molecular weight is 289 g/mol. The van der Waals surface area contributed by atoms with Gasteiger partial charge in [-0.15, -0.1) is 0 Å². The standard InChI is InChI=1S/C18H27NO2/c1-13-10-14(2)12-19(11-13)17(20)18(3,4)15-8-6-7-9-16(15)21-5/h6-9,13-14H,10-12H2,1-5H3. The zero-order chi connectivity index (χ0) is 15.6. The average Bonchev–Trinajstić information content (AvgIpc) is 2.45. The van der Waals surface area contributed by atoms with Crippen LogP contribution in [0.2, 0.25) is 0 Å². The summed E-state index contributed by atoms with van der Waals surface area (Å²) in [6.07, 6.45) is 1.21. The summed E-state index contributed by atoms with van der Waals surface area (Å²) in [5.41, 5.74) is 0.395. The molecule has 3 nitrogen and oxygen atoms in total. The minimum Gasteiger partial charge on any atom is -0.496 e. The molecule has 0 bridgehead atoms. The van der Waals surface area contributed by atoms with Crippen molar-refractivity contribution in [1.29, 1.82) is 0 Å². The van der Waals surface area contributed by atoms with Gasteiger partial charge in [0.25, 0.3) is 0 Å². The Morgan fingerprint density at radius 2 is 1.76 bits per heavy atom. The first-order valence-corrected chi connectivity index (χ1v) is 7.79. The second kappa shape index (κ2) is 6.08. The molecule has 1 fully saturated rings. The van der Waals surface area contributed by atoms with E-state index in [0.29, 0.717) is 11.8 Å². The highest BCUT2D eigenvalue weighted by Gasteiger charge is 2.38. The van der Waals surface area contributed by atoms with E-state index in [4.69, 9.17) is 4.74 Å². The first-order valence-electron chi connectivity index (χ1n) is 7.79. The summed E-state index contributed by atoms with van der Waals surface area (Å²) >= 11 is 0. The Labute approximate surface area is 128 Å². The largest absolute Gasteiger partial charge is 0.496 e. The quantitative estimate of drug-likeness (QED) is 0.852. The van der Waals surface area contributed by atoms with Crippen LogP contribution >= 0.6 is 0 Å². The van der Waals surface area contributed by atoms with E-state index in [1.807, 2.05) is 43.0 Å². The number of para-hydroxylation sites is 1. The molecule has 0 saturated carbocycles. The van der Waals surface area contributed by atoms with E-state index in [1.54, 1.807) is 7.11 Å². The number of carbonyl (C=O) groups excluding carboxylic acids is 1. The zero-order valence-electron chi connectivity index (χ0n) is 13.8. The van der Waals surface area contributed by atoms with Crippen LogP contribution in [0.1, 0.15) is 39.7 Å². The smallest absolute Gasteiger partial charge is 0.232 e. The van der Waals surface area contributed by atoms with E-state index in [0.717, 1.165) is 24.4 Å². The van der Waals surface area contributed by atoms with Crippen LogP contribution in [-0.2, 0) is 10.2 Å². The maximum absolute atomic E-state index is 13.0. The van der Waals surface area contributed by atoms with Gasteiger partial charge >= 0.3 is 0 Å². The van der Waals surface area contributed by atoms with Crippen LogP contribution in [0.5, 0.6) is 5.75 Å². The normalized spacial score (nSPS) is 23.0. The fourth-order valence-electron chi connectivity index (χ4n) is 3.50. The lowest BCUT2D eigenvalue weighted by atomic mass is 9.81. The van der Waals surface area contributed by atoms with Crippen LogP contribution in [0.4, 0.5) is 0 Å². The molecule has 0 aliphatic carbocycles. The lowest BCUT2D eigenvalue weighted by molar-refractivity contribution is -0.139. The molecule has 1 saturated heterocycles. The predicted molar refractivity (Wildman–Crippen MR) is 85.5 cm³/mol. The molecule has 1 aromatic carbocycles. The van der Waals surface area contributed by atoms with Crippen LogP contribution in [0.25, 0.3) is 0 Å². The highest BCUT2D eigenvalue weighted by atomic mass is 16.5. The van der Waals surface area contributed by atoms with E-state index in [1.165, 1.54) is 6.42 Å². The summed E-state index contributed by atoms with van der Waals surface area (Å²) in [7, 11) is 1.66. The molecule has 116 valence electrons. The first-order chi connectivity index (χ1) is 9.86. The SMILES string of the molecule is COc1ccccc1C(C)(C)C(=O)N1CC(C)CC(C)C1. The number of carbonyl (C=O) groups is 1. The molecular formula is C18H27NO2. The number of nitrogens with zero attached hydrogens (tertiary/aromatic N) is 1. The van der Waals surface area contributed by atoms with Crippen molar-refractivity contribution in [3.8, 4) is 5.75 Å². The van der Waals surface area contributed by atoms with E-state index < -0.39 is 5.41 Å². The summed E-state index contributed by atoms with van der Waals surface area (Å²) in [4.78, 5) is 15.1. The molecule has 0 N–H and O–H groups in total. The summed E-state index contributed by atoms with van der Waals surface area (Å²) in [5, 5.41) is 0. The number of rotatable bonds is 3. The number of piperidine rings is 1. The molecule has 0 spiro atoms. The number of ether oxygens (including phenoxy) is 1. The van der Waals surface area contributed by atoms with Gasteiger partial charge in [0.1, 0.15) is 5.75 Å². The number of amides is 1. The van der Waals surface area contributed by atoms with Crippen molar-refractivity contribution in [3.05, 3.63) is 29.8 Å². The van der Waals surface area contributed by atoms with Gasteiger partial charge in [0.05, 0.1) is 12.5 Å². The number of benzene rings is 1. The molecule has 3 heteroatoms. The van der Waals surface area contributed by atoms with Crippen molar-refractivity contribution in [3.63, 3.8) is 0 Å². The van der Waals surface area contributed by atoms with Crippen molar-refractivity contribution < 1.29 is 9.53 Å². The van der Waals surface area contributed by atoms with Crippen LogP contribution in [0.15, 0.2) is 24.3 Å². The van der Waals surface area contributed by atoms with Crippen molar-refractivity contribution in [2.75, 3.05) is 20.2 Å². The Morgan fingerprint density at radius 1 is 1.19 bits per heavy atom. The topological polar surface area (TPSA) is 29.5 Å². The van der Waals surface area contributed by atoms with Gasteiger partial charge in [-0.05, 0) is 38.2 Å². The lowest BCUT2D eigenvalue weighted by Crippen LogP contribution is -2.49. The Balaban J connectivity index is 2.28. The molecule has 2 unspecified atom stereocenters. The third kappa shape index (κ3) is 3.22. The number of hydrogen-bond donors (Lipinski definition) is 0. The lowest BCUT2D eigenvalue weighted by Gasteiger charge is -2.39. The minimum atomic E-state index is -0.566. The van der Waals surface area contributed by atoms with Gasteiger partial charge < -0.3 is 9.64 Å². The molecule has 1 amide bonds. The Kier molecular flexibility index (Phi) is 4.60. The maximum atomic E-state index is 13.0. The third-order valence-electron chi connectivity index (χ3n) is 4.47. The molecule has 1 aliphatic heterocycles. The highest BCUT2D eigenvalue weighted by Crippen LogP contribution is 2.34. The van der Waals surface area contributed by atoms with Crippen LogP contribution < -0.4 is 4.74 Å². The molecule has 2 rings (SSSR count). The molecule has 21 heavy (non-hydrogen) atoms. The van der Waals surface area contributed by atoms with Gasteiger partial charge in [-0.3, -0.25) is 4.79 Å². The van der Waals surface area contributed by atoms with Crippen molar-refractivity contribution in [1.82, 2.24) is 4.90 Å². The number of hydrogen-bond acceptors (Lipinski definition) is 2. The Hall–Kier alpha value is -1.51. The Morgan fingerprint density at radius 3 is 2.33 bits per heavy atom. The van der Waals surface area contributed by atoms with Crippen LogP contribution in [0.3, 0.4) is 0 Å². The molecule has 1 heterocycles. The van der Waals surface area contributed by atoms with Crippen molar-refractivity contribution in [2.45, 2.75) is 39.5 Å². The summed E-state index contributed by atoms with van der Waals surface area (Å²) in [6, 6.07) is 7.82. The second-order valence-electron chi connectivity index (χ2n) is 6.98. The highest BCUT2D eigenvalue weighted by molar-refractivity contribution is 5.88. The molecule has 0 aromatic heterocycles. The molecular weight excluding hydrogens is 262 g/mol. The van der Waals surface area contributed by atoms with E-state index in [9.17, 15) is 4.79 Å². The zero-order valence-corrected chi connectivity index (χ0v) is 13.8. The van der Waals surface area contributed by atoms with Crippen molar-refractivity contribution >= 4 is 5.91 Å². The van der Waals surface area contributed by atoms with Crippen LogP contribution in [-0.4, -0.2) is 31.0 Å². The van der Waals surface area contributed by atoms with Gasteiger partial charge in [-0.1, -0.05) is 32.0 Å². The molecule has 0 radical (unpaired) electrons. The van der Waals surface area contributed by atoms with E-state index in [-0.39, 0.29) is 5.91 Å². The molecule has 1 aromatic rings. The predicted octanol–water partition coefficient (Wildman–Crippen LogP) is 3.48. The number of methoxy groups -OCH3 is 1. The fourth-order valence-corrected chi connectivity index (χ4v) is 3.50. The number of likely N-dealkylation sites (tertiary alicyclic amines) is 1. The van der Waals surface area contributed by atoms with Gasteiger partial charge in [-0.25, -0.2) is 0 Å². The minimum absolute atomic E-state index is 0.199. The van der Waals surface area contributed by atoms with Crippen LogP contribution in [0, 0.1) is 11.8 Å². The molecule has 1 aliphatic rings. The van der Waals surface area contributed by atoms with Gasteiger partial charge in [-0.2, -0.15) is 0 Å². The van der Waals surface area contributed by atoms with Gasteiger partial charge in [0.15, 0.2) is 0 Å². The fraction of sp³-hybridized carbons (Fsp3) is 0.611. The summed E-state index contributed by atoms with van der Waals surface area (Å²) in [6.45, 7) is 10.2. The second-order valence-corrected chi connectivity index (χ2v) is 6.98. The summed E-state index contributed by atoms with van der Waals surface area (Å²) in [5.74, 6) is 2.14. The monoisotopic (exact) mass is 289 g/mol.